The maximum atomic E-state index is 13.1. The number of carbonyl (C=O) groups excluding carboxylic acids is 2. The van der Waals surface area contributed by atoms with E-state index in [1.54, 1.807) is 51.4 Å². The van der Waals surface area contributed by atoms with E-state index in [4.69, 9.17) is 4.74 Å². The summed E-state index contributed by atoms with van der Waals surface area (Å²) < 4.78 is 5.63. The third-order valence-electron chi connectivity index (χ3n) is 6.07. The molecule has 0 aliphatic rings. The van der Waals surface area contributed by atoms with Crippen LogP contribution < -0.4 is 5.32 Å². The van der Waals surface area contributed by atoms with Crippen LogP contribution in [0.4, 0.5) is 0 Å². The fourth-order valence-corrected chi connectivity index (χ4v) is 4.93. The predicted octanol–water partition coefficient (Wildman–Crippen LogP) is 6.56. The van der Waals surface area contributed by atoms with Gasteiger partial charge in [0.1, 0.15) is 17.4 Å². The normalized spacial score (nSPS) is 12.6. The first-order valence-electron chi connectivity index (χ1n) is 13.1. The predicted molar refractivity (Wildman–Crippen MR) is 158 cm³/mol. The number of phenolic OH excluding ortho intramolecular Hbond substituents is 1. The van der Waals surface area contributed by atoms with Crippen LogP contribution in [0.15, 0.2) is 73.1 Å². The van der Waals surface area contributed by atoms with Crippen LogP contribution >= 0.6 is 11.3 Å². The van der Waals surface area contributed by atoms with Gasteiger partial charge in [-0.05, 0) is 61.6 Å². The van der Waals surface area contributed by atoms with Gasteiger partial charge in [0.2, 0.25) is 0 Å². The summed E-state index contributed by atoms with van der Waals surface area (Å²) in [6.07, 6.45) is 3.76. The van der Waals surface area contributed by atoms with E-state index in [2.05, 4.69) is 36.1 Å². The maximum absolute atomic E-state index is 13.1. The third kappa shape index (κ3) is 7.54. The van der Waals surface area contributed by atoms with Gasteiger partial charge in [0.25, 0.3) is 5.91 Å². The van der Waals surface area contributed by atoms with E-state index >= 15 is 0 Å². The summed E-state index contributed by atoms with van der Waals surface area (Å²) in [5.41, 5.74) is 2.69. The fraction of sp³-hybridized carbons (Fsp3) is 0.312. The number of amides is 1. The van der Waals surface area contributed by atoms with Gasteiger partial charge in [-0.15, -0.1) is 11.3 Å². The van der Waals surface area contributed by atoms with Crippen molar-refractivity contribution in [3.8, 4) is 28.3 Å². The molecular formula is C32H35N3O4S. The highest BCUT2D eigenvalue weighted by atomic mass is 32.1. The molecule has 0 bridgehead atoms. The second-order valence-corrected chi connectivity index (χ2v) is 12.8. The number of thiophene rings is 1. The van der Waals surface area contributed by atoms with Crippen LogP contribution in [-0.2, 0) is 21.4 Å². The zero-order valence-corrected chi connectivity index (χ0v) is 24.5. The monoisotopic (exact) mass is 557 g/mol. The van der Waals surface area contributed by atoms with Gasteiger partial charge in [0.05, 0.1) is 4.88 Å². The van der Waals surface area contributed by atoms with Crippen LogP contribution in [0.5, 0.6) is 5.75 Å². The number of rotatable bonds is 7. The van der Waals surface area contributed by atoms with Crippen molar-refractivity contribution < 1.29 is 19.4 Å². The minimum absolute atomic E-state index is 0.0644. The van der Waals surface area contributed by atoms with Crippen molar-refractivity contribution in [2.75, 3.05) is 0 Å². The summed E-state index contributed by atoms with van der Waals surface area (Å²) >= 11 is 1.43. The molecule has 1 amide bonds. The number of aromatic nitrogens is 2. The minimum Gasteiger partial charge on any atom is -0.508 e. The van der Waals surface area contributed by atoms with E-state index in [1.807, 2.05) is 42.5 Å². The number of carbonyl (C=O) groups is 2. The van der Waals surface area contributed by atoms with E-state index in [0.717, 1.165) is 27.1 Å². The van der Waals surface area contributed by atoms with Gasteiger partial charge < -0.3 is 15.2 Å². The van der Waals surface area contributed by atoms with Crippen molar-refractivity contribution in [3.05, 3.63) is 88.4 Å². The molecule has 1 atom stereocenters. The van der Waals surface area contributed by atoms with E-state index in [1.165, 1.54) is 11.3 Å². The Labute approximate surface area is 239 Å². The molecule has 40 heavy (non-hydrogen) atoms. The average Bonchev–Trinajstić information content (AvgIpc) is 3.40. The van der Waals surface area contributed by atoms with Crippen LogP contribution in [0.3, 0.4) is 0 Å². The van der Waals surface area contributed by atoms with E-state index in [9.17, 15) is 14.7 Å². The van der Waals surface area contributed by atoms with Gasteiger partial charge in [-0.3, -0.25) is 4.79 Å². The molecule has 0 spiro atoms. The Morgan fingerprint density at radius 1 is 0.850 bits per heavy atom. The number of benzene rings is 2. The van der Waals surface area contributed by atoms with Crippen LogP contribution in [0, 0.1) is 0 Å². The number of ether oxygens (including phenoxy) is 1. The Balaban J connectivity index is 1.49. The summed E-state index contributed by atoms with van der Waals surface area (Å²) in [4.78, 5) is 36.8. The minimum atomic E-state index is -0.849. The lowest BCUT2D eigenvalue weighted by Gasteiger charge is -2.24. The summed E-state index contributed by atoms with van der Waals surface area (Å²) in [7, 11) is 0. The standard InChI is InChI=1S/C32H35N3O4S/c1-31(2,3)27-16-15-26(40-27)29(37)35-25(30(38)39-32(4,5)6)17-20-7-9-22(10-8-20)28-33-18-23(19-34-28)21-11-13-24(36)14-12-21/h7-16,18-19,25,36H,17H2,1-6H3,(H,35,37). The number of phenols is 1. The van der Waals surface area contributed by atoms with E-state index in [-0.39, 0.29) is 23.5 Å². The summed E-state index contributed by atoms with van der Waals surface area (Å²) in [6, 6.07) is 17.4. The Morgan fingerprint density at radius 2 is 1.45 bits per heavy atom. The SMILES string of the molecule is CC(C)(C)OC(=O)C(Cc1ccc(-c2ncc(-c3ccc(O)cc3)cn2)cc1)NC(=O)c1ccc(C(C)(C)C)s1. The number of nitrogens with zero attached hydrogens (tertiary/aromatic N) is 2. The quantitative estimate of drug-likeness (QED) is 0.250. The van der Waals surface area contributed by atoms with Gasteiger partial charge in [-0.25, -0.2) is 14.8 Å². The zero-order chi connectivity index (χ0) is 29.1. The highest BCUT2D eigenvalue weighted by Crippen LogP contribution is 2.29. The number of esters is 1. The highest BCUT2D eigenvalue weighted by Gasteiger charge is 2.28. The molecule has 0 fully saturated rings. The Bertz CT molecular complexity index is 1460. The molecule has 4 rings (SSSR count). The summed E-state index contributed by atoms with van der Waals surface area (Å²) in [6.45, 7) is 11.7. The van der Waals surface area contributed by atoms with Crippen molar-refractivity contribution >= 4 is 23.2 Å². The maximum Gasteiger partial charge on any atom is 0.329 e. The number of hydrogen-bond acceptors (Lipinski definition) is 7. The Kier molecular flexibility index (Phi) is 8.40. The molecule has 0 saturated carbocycles. The first kappa shape index (κ1) is 29.0. The van der Waals surface area contributed by atoms with Gasteiger partial charge in [-0.1, -0.05) is 57.2 Å². The van der Waals surface area contributed by atoms with E-state index < -0.39 is 17.6 Å². The lowest BCUT2D eigenvalue weighted by atomic mass is 9.95. The van der Waals surface area contributed by atoms with Gasteiger partial charge in [-0.2, -0.15) is 0 Å². The molecule has 0 saturated heterocycles. The average molecular weight is 558 g/mol. The number of aromatic hydroxyl groups is 1. The van der Waals surface area contributed by atoms with Gasteiger partial charge >= 0.3 is 5.97 Å². The van der Waals surface area contributed by atoms with Crippen molar-refractivity contribution in [1.29, 1.82) is 0 Å². The van der Waals surface area contributed by atoms with Crippen molar-refractivity contribution in [2.45, 2.75) is 65.0 Å². The second kappa shape index (κ2) is 11.6. The molecular weight excluding hydrogens is 522 g/mol. The third-order valence-corrected chi connectivity index (χ3v) is 7.58. The molecule has 208 valence electrons. The fourth-order valence-electron chi connectivity index (χ4n) is 3.96. The molecule has 2 aromatic heterocycles. The second-order valence-electron chi connectivity index (χ2n) is 11.7. The van der Waals surface area contributed by atoms with E-state index in [0.29, 0.717) is 10.7 Å². The molecule has 2 aromatic carbocycles. The Hall–Kier alpha value is -4.04. The molecule has 0 radical (unpaired) electrons. The van der Waals surface area contributed by atoms with Crippen LogP contribution in [0.2, 0.25) is 0 Å². The first-order chi connectivity index (χ1) is 18.8. The molecule has 4 aromatic rings. The van der Waals surface area contributed by atoms with Crippen LogP contribution in [0.1, 0.15) is 61.7 Å². The zero-order valence-electron chi connectivity index (χ0n) is 23.7. The molecule has 7 nitrogen and oxygen atoms in total. The molecule has 0 aliphatic heterocycles. The summed E-state index contributed by atoms with van der Waals surface area (Å²) in [5.74, 6) is -0.00440. The summed E-state index contributed by atoms with van der Waals surface area (Å²) in [5, 5.41) is 12.4. The van der Waals surface area contributed by atoms with Crippen LogP contribution in [0.25, 0.3) is 22.5 Å². The lowest BCUT2D eigenvalue weighted by molar-refractivity contribution is -0.157. The Morgan fingerprint density at radius 3 is 2.00 bits per heavy atom. The number of hydrogen-bond donors (Lipinski definition) is 2. The largest absolute Gasteiger partial charge is 0.508 e. The highest BCUT2D eigenvalue weighted by molar-refractivity contribution is 7.14. The smallest absolute Gasteiger partial charge is 0.329 e. The number of nitrogens with one attached hydrogen (secondary N) is 1. The molecule has 2 heterocycles. The first-order valence-corrected chi connectivity index (χ1v) is 13.9. The lowest BCUT2D eigenvalue weighted by Crippen LogP contribution is -2.45. The van der Waals surface area contributed by atoms with Crippen LogP contribution in [-0.4, -0.2) is 38.6 Å². The molecule has 2 N–H and O–H groups in total. The molecule has 0 aliphatic carbocycles. The van der Waals surface area contributed by atoms with Crippen molar-refractivity contribution in [2.24, 2.45) is 0 Å². The van der Waals surface area contributed by atoms with Crippen molar-refractivity contribution in [1.82, 2.24) is 15.3 Å². The van der Waals surface area contributed by atoms with Crippen molar-refractivity contribution in [3.63, 3.8) is 0 Å². The van der Waals surface area contributed by atoms with Gasteiger partial charge in [0, 0.05) is 34.8 Å². The molecule has 1 unspecified atom stereocenters. The topological polar surface area (TPSA) is 101 Å². The molecule has 8 heteroatoms. The van der Waals surface area contributed by atoms with Gasteiger partial charge in [0.15, 0.2) is 5.82 Å².